The minimum atomic E-state index is -1.13. The largest absolute Gasteiger partial charge is 0.545 e. The molecule has 4 nitrogen and oxygen atoms in total. The van der Waals surface area contributed by atoms with Crippen LogP contribution in [0.15, 0.2) is 30.5 Å². The van der Waals surface area contributed by atoms with Crippen molar-refractivity contribution < 1.29 is 14.5 Å². The molecule has 0 aliphatic carbocycles. The highest BCUT2D eigenvalue weighted by Crippen LogP contribution is 2.10. The second-order valence-corrected chi connectivity index (χ2v) is 6.05. The van der Waals surface area contributed by atoms with Gasteiger partial charge in [-0.2, -0.15) is 0 Å². The van der Waals surface area contributed by atoms with Crippen molar-refractivity contribution in [2.75, 3.05) is 0 Å². The van der Waals surface area contributed by atoms with Gasteiger partial charge in [-0.15, -0.1) is 0 Å². The average molecular weight is 314 g/mol. The predicted molar refractivity (Wildman–Crippen MR) is 88.1 cm³/mol. The molecule has 2 aromatic rings. The Morgan fingerprint density at radius 1 is 1.17 bits per heavy atom. The number of carbonyl (C=O) groups excluding carboxylic acids is 1. The lowest BCUT2D eigenvalue weighted by Gasteiger charge is -2.06. The fourth-order valence-electron chi connectivity index (χ4n) is 2.95. The van der Waals surface area contributed by atoms with Gasteiger partial charge in [-0.1, -0.05) is 44.5 Å². The Bertz CT molecular complexity index is 657. The number of nitrogens with zero attached hydrogens (tertiary/aromatic N) is 2. The first-order valence-electron chi connectivity index (χ1n) is 8.45. The van der Waals surface area contributed by atoms with Crippen LogP contribution in [0.4, 0.5) is 0 Å². The van der Waals surface area contributed by atoms with Crippen LogP contribution in [0.5, 0.6) is 0 Å². The van der Waals surface area contributed by atoms with Crippen LogP contribution in [0.3, 0.4) is 0 Å². The Morgan fingerprint density at radius 2 is 1.87 bits per heavy atom. The van der Waals surface area contributed by atoms with E-state index in [4.69, 9.17) is 0 Å². The van der Waals surface area contributed by atoms with Gasteiger partial charge in [-0.05, 0) is 24.0 Å². The molecule has 0 saturated heterocycles. The Balaban J connectivity index is 2.27. The predicted octanol–water partition coefficient (Wildman–Crippen LogP) is 2.25. The van der Waals surface area contributed by atoms with E-state index in [2.05, 4.69) is 36.1 Å². The van der Waals surface area contributed by atoms with Gasteiger partial charge in [-0.3, -0.25) is 0 Å². The summed E-state index contributed by atoms with van der Waals surface area (Å²) in [6, 6.07) is 6.97. The van der Waals surface area contributed by atoms with E-state index in [1.54, 1.807) is 12.1 Å². The Hall–Kier alpha value is -2.10. The smallest absolute Gasteiger partial charge is 0.256 e. The summed E-state index contributed by atoms with van der Waals surface area (Å²) in [7, 11) is 0. The van der Waals surface area contributed by atoms with E-state index in [0.717, 1.165) is 31.5 Å². The summed E-state index contributed by atoms with van der Waals surface area (Å²) >= 11 is 0. The number of imidazole rings is 1. The summed E-state index contributed by atoms with van der Waals surface area (Å²) in [6.45, 7) is 8.38. The molecule has 1 aromatic heterocycles. The summed E-state index contributed by atoms with van der Waals surface area (Å²) in [5.74, 6) is 0.230. The third kappa shape index (κ3) is 4.21. The first-order chi connectivity index (χ1) is 11.1. The molecule has 0 unspecified atom stereocenters. The molecule has 0 fully saturated rings. The molecular weight excluding hydrogens is 288 g/mol. The molecule has 0 saturated carbocycles. The van der Waals surface area contributed by atoms with Gasteiger partial charge in [0.15, 0.2) is 0 Å². The van der Waals surface area contributed by atoms with E-state index in [1.807, 2.05) is 12.1 Å². The molecule has 0 bridgehead atoms. The highest BCUT2D eigenvalue weighted by atomic mass is 16.4. The van der Waals surface area contributed by atoms with E-state index >= 15 is 0 Å². The number of unbranched alkanes of at least 4 members (excludes halogenated alkanes) is 1. The van der Waals surface area contributed by atoms with Gasteiger partial charge in [0.05, 0.1) is 12.5 Å². The summed E-state index contributed by atoms with van der Waals surface area (Å²) in [5.41, 5.74) is 2.61. The van der Waals surface area contributed by atoms with E-state index in [1.165, 1.54) is 24.4 Å². The van der Waals surface area contributed by atoms with Crippen LogP contribution in [0.2, 0.25) is 0 Å². The zero-order valence-electron chi connectivity index (χ0n) is 14.3. The standard InChI is InChI=1S/C19H26N2O2/c1-4-6-7-18-20(13-15(3)21(18)12-5-2)14-16-8-10-17(11-9-16)19(22)23/h8-11,13H,4-7,12,14H2,1-3H3. The summed E-state index contributed by atoms with van der Waals surface area (Å²) in [6.07, 6.45) is 6.75. The van der Waals surface area contributed by atoms with Crippen molar-refractivity contribution in [1.82, 2.24) is 4.57 Å². The zero-order chi connectivity index (χ0) is 16.8. The number of aromatic carboxylic acids is 1. The molecule has 0 spiro atoms. The monoisotopic (exact) mass is 314 g/mol. The minimum absolute atomic E-state index is 0.227. The number of rotatable bonds is 8. The minimum Gasteiger partial charge on any atom is -0.545 e. The van der Waals surface area contributed by atoms with Crippen molar-refractivity contribution in [3.8, 4) is 0 Å². The normalized spacial score (nSPS) is 10.9. The van der Waals surface area contributed by atoms with E-state index < -0.39 is 5.97 Å². The first kappa shape index (κ1) is 17.3. The third-order valence-corrected chi connectivity index (χ3v) is 4.16. The van der Waals surface area contributed by atoms with Gasteiger partial charge < -0.3 is 9.90 Å². The SMILES string of the molecule is CCCCc1n(CCC)c(C)c[n+]1Cc1ccc(C(=O)[O-])cc1. The van der Waals surface area contributed by atoms with Crippen molar-refractivity contribution >= 4 is 5.97 Å². The average Bonchev–Trinajstić information content (AvgIpc) is 2.81. The second kappa shape index (κ2) is 7.95. The second-order valence-electron chi connectivity index (χ2n) is 6.05. The molecule has 23 heavy (non-hydrogen) atoms. The molecule has 0 atom stereocenters. The van der Waals surface area contributed by atoms with Crippen LogP contribution in [-0.4, -0.2) is 10.5 Å². The topological polar surface area (TPSA) is 48.9 Å². The number of hydrogen-bond acceptors (Lipinski definition) is 2. The summed E-state index contributed by atoms with van der Waals surface area (Å²) < 4.78 is 4.71. The fourth-order valence-corrected chi connectivity index (χ4v) is 2.95. The van der Waals surface area contributed by atoms with Crippen LogP contribution in [0.25, 0.3) is 0 Å². The Labute approximate surface area is 138 Å². The van der Waals surface area contributed by atoms with Gasteiger partial charge in [0.1, 0.15) is 18.4 Å². The lowest BCUT2D eigenvalue weighted by atomic mass is 10.1. The molecule has 0 radical (unpaired) electrons. The summed E-state index contributed by atoms with van der Waals surface area (Å²) in [4.78, 5) is 10.8. The van der Waals surface area contributed by atoms with E-state index in [9.17, 15) is 9.90 Å². The number of hydrogen-bond donors (Lipinski definition) is 0. The van der Waals surface area contributed by atoms with Crippen LogP contribution in [-0.2, 0) is 19.5 Å². The number of aromatic nitrogens is 2. The van der Waals surface area contributed by atoms with Gasteiger partial charge in [0.25, 0.3) is 5.82 Å². The maximum absolute atomic E-state index is 10.8. The summed E-state index contributed by atoms with van der Waals surface area (Å²) in [5, 5.41) is 10.8. The number of carboxylic acid groups (broad SMARTS) is 1. The fraction of sp³-hybridized carbons (Fsp3) is 0.474. The molecule has 2 rings (SSSR count). The number of benzene rings is 1. The Morgan fingerprint density at radius 3 is 2.43 bits per heavy atom. The van der Waals surface area contributed by atoms with Crippen molar-refractivity contribution in [2.24, 2.45) is 0 Å². The van der Waals surface area contributed by atoms with Crippen LogP contribution in [0.1, 0.15) is 60.5 Å². The number of aryl methyl sites for hydroxylation is 1. The quantitative estimate of drug-likeness (QED) is 0.702. The number of carbonyl (C=O) groups is 1. The van der Waals surface area contributed by atoms with Gasteiger partial charge in [0, 0.05) is 13.3 Å². The molecule has 0 aliphatic rings. The zero-order valence-corrected chi connectivity index (χ0v) is 14.3. The van der Waals surface area contributed by atoms with Crippen molar-refractivity contribution in [2.45, 2.75) is 59.5 Å². The molecule has 0 aliphatic heterocycles. The molecule has 124 valence electrons. The van der Waals surface area contributed by atoms with Gasteiger partial charge in [0.2, 0.25) is 0 Å². The van der Waals surface area contributed by atoms with E-state index in [-0.39, 0.29) is 5.56 Å². The van der Waals surface area contributed by atoms with E-state index in [0.29, 0.717) is 0 Å². The van der Waals surface area contributed by atoms with Crippen molar-refractivity contribution in [3.05, 3.63) is 53.1 Å². The van der Waals surface area contributed by atoms with Crippen LogP contribution < -0.4 is 9.67 Å². The Kier molecular flexibility index (Phi) is 5.97. The molecule has 4 heteroatoms. The molecule has 1 aromatic carbocycles. The number of carboxylic acids is 1. The van der Waals surface area contributed by atoms with Crippen molar-refractivity contribution in [1.29, 1.82) is 0 Å². The first-order valence-corrected chi connectivity index (χ1v) is 8.45. The van der Waals surface area contributed by atoms with Crippen LogP contribution in [0, 0.1) is 6.92 Å². The van der Waals surface area contributed by atoms with Gasteiger partial charge in [-0.25, -0.2) is 9.13 Å². The molecule has 0 N–H and O–H groups in total. The maximum atomic E-state index is 10.8. The van der Waals surface area contributed by atoms with Gasteiger partial charge >= 0.3 is 0 Å². The molecular formula is C19H26N2O2. The molecule has 1 heterocycles. The maximum Gasteiger partial charge on any atom is 0.256 e. The van der Waals surface area contributed by atoms with Crippen LogP contribution >= 0.6 is 0 Å². The van der Waals surface area contributed by atoms with Crippen molar-refractivity contribution in [3.63, 3.8) is 0 Å². The third-order valence-electron chi connectivity index (χ3n) is 4.16. The molecule has 0 amide bonds. The highest BCUT2D eigenvalue weighted by Gasteiger charge is 2.20. The lowest BCUT2D eigenvalue weighted by molar-refractivity contribution is -0.695. The highest BCUT2D eigenvalue weighted by molar-refractivity contribution is 5.85. The lowest BCUT2D eigenvalue weighted by Crippen LogP contribution is -2.38.